The Bertz CT molecular complexity index is 1020. The van der Waals surface area contributed by atoms with Crippen molar-refractivity contribution in [2.24, 2.45) is 0 Å². The molecule has 1 amide bonds. The van der Waals surface area contributed by atoms with Crippen LogP contribution in [0.4, 0.5) is 0 Å². The molecule has 2 aromatic rings. The number of aliphatic hydroxyl groups is 2. The van der Waals surface area contributed by atoms with Crippen molar-refractivity contribution < 1.29 is 29.6 Å². The molecule has 0 unspecified atom stereocenters. The van der Waals surface area contributed by atoms with Crippen molar-refractivity contribution in [1.82, 2.24) is 9.80 Å². The second-order valence-corrected chi connectivity index (χ2v) is 9.42. The first kappa shape index (κ1) is 24.8. The molecule has 0 bridgehead atoms. The van der Waals surface area contributed by atoms with Gasteiger partial charge in [-0.15, -0.1) is 0 Å². The maximum Gasteiger partial charge on any atom is 0.257 e. The summed E-state index contributed by atoms with van der Waals surface area (Å²) in [6.45, 7) is 2.56. The average molecular weight is 491 g/mol. The largest absolute Gasteiger partial charge is 0.508 e. The van der Waals surface area contributed by atoms with Crippen molar-refractivity contribution in [2.45, 2.75) is 31.2 Å². The monoisotopic (exact) mass is 490 g/mol. The molecule has 2 heterocycles. The predicted octanol–water partition coefficient (Wildman–Crippen LogP) is 2.37. The van der Waals surface area contributed by atoms with E-state index in [1.165, 1.54) is 28.7 Å². The van der Waals surface area contributed by atoms with Crippen LogP contribution in [0.3, 0.4) is 0 Å². The Labute approximate surface area is 204 Å². The molecule has 2 aromatic carbocycles. The number of halogens is 1. The molecular weight excluding hydrogens is 460 g/mol. The van der Waals surface area contributed by atoms with Crippen LogP contribution in [0.2, 0.25) is 5.02 Å². The standard InChI is InChI=1S/C25H31ClN2O6/c1-27(10-11-29)24(32)21-4-3-19(30)13-23(21)33-16-20(31)14-28-8-6-25(7-9-28)22-5-2-18(26)12-17(22)15-34-25/h2-5,12-13,20,29-31H,6-11,14-16H2,1H3/t20-/m1/s1. The summed E-state index contributed by atoms with van der Waals surface area (Å²) in [5.41, 5.74) is 2.34. The van der Waals surface area contributed by atoms with E-state index in [4.69, 9.17) is 26.2 Å². The summed E-state index contributed by atoms with van der Waals surface area (Å²) < 4.78 is 11.9. The average Bonchev–Trinajstić information content (AvgIpc) is 3.16. The topological polar surface area (TPSA) is 103 Å². The molecule has 1 fully saturated rings. The summed E-state index contributed by atoms with van der Waals surface area (Å²) in [7, 11) is 1.58. The van der Waals surface area contributed by atoms with Gasteiger partial charge in [-0.25, -0.2) is 0 Å². The number of carbonyl (C=O) groups is 1. The lowest BCUT2D eigenvalue weighted by molar-refractivity contribution is -0.0835. The molecule has 2 aliphatic rings. The van der Waals surface area contributed by atoms with Crippen molar-refractivity contribution in [3.05, 3.63) is 58.1 Å². The Morgan fingerprint density at radius 3 is 2.76 bits per heavy atom. The van der Waals surface area contributed by atoms with E-state index < -0.39 is 6.10 Å². The lowest BCUT2D eigenvalue weighted by Crippen LogP contribution is -2.46. The van der Waals surface area contributed by atoms with Crippen LogP contribution >= 0.6 is 11.6 Å². The number of piperidine rings is 1. The zero-order valence-corrected chi connectivity index (χ0v) is 20.0. The van der Waals surface area contributed by atoms with Crippen molar-refractivity contribution in [2.75, 3.05) is 46.4 Å². The maximum atomic E-state index is 12.6. The van der Waals surface area contributed by atoms with Crippen molar-refractivity contribution >= 4 is 17.5 Å². The third-order valence-corrected chi connectivity index (χ3v) is 6.84. The number of nitrogens with zero attached hydrogens (tertiary/aromatic N) is 2. The van der Waals surface area contributed by atoms with Gasteiger partial charge < -0.3 is 34.6 Å². The van der Waals surface area contributed by atoms with Crippen molar-refractivity contribution in [1.29, 1.82) is 0 Å². The first-order valence-corrected chi connectivity index (χ1v) is 11.8. The Morgan fingerprint density at radius 2 is 2.03 bits per heavy atom. The highest BCUT2D eigenvalue weighted by Crippen LogP contribution is 2.44. The smallest absolute Gasteiger partial charge is 0.257 e. The second kappa shape index (κ2) is 10.5. The van der Waals surface area contributed by atoms with Gasteiger partial charge in [0.2, 0.25) is 0 Å². The molecule has 4 rings (SSSR count). The van der Waals surface area contributed by atoms with E-state index in [1.54, 1.807) is 7.05 Å². The molecule has 34 heavy (non-hydrogen) atoms. The lowest BCUT2D eigenvalue weighted by atomic mass is 9.84. The fourth-order valence-electron chi connectivity index (χ4n) is 4.73. The van der Waals surface area contributed by atoms with E-state index in [0.717, 1.165) is 36.5 Å². The van der Waals surface area contributed by atoms with Gasteiger partial charge in [-0.3, -0.25) is 4.79 Å². The zero-order chi connectivity index (χ0) is 24.3. The number of benzene rings is 2. The summed E-state index contributed by atoms with van der Waals surface area (Å²) in [5, 5.41) is 30.2. The summed E-state index contributed by atoms with van der Waals surface area (Å²) in [4.78, 5) is 16.2. The number of fused-ring (bicyclic) bond motifs is 2. The van der Waals surface area contributed by atoms with Gasteiger partial charge in [-0.1, -0.05) is 17.7 Å². The molecule has 3 N–H and O–H groups in total. The quantitative estimate of drug-likeness (QED) is 0.522. The van der Waals surface area contributed by atoms with Gasteiger partial charge >= 0.3 is 0 Å². The van der Waals surface area contributed by atoms with Crippen LogP contribution < -0.4 is 4.74 Å². The fraction of sp³-hybridized carbons (Fsp3) is 0.480. The van der Waals surface area contributed by atoms with E-state index in [2.05, 4.69) is 11.0 Å². The molecule has 0 saturated carbocycles. The number of amides is 1. The minimum atomic E-state index is -0.773. The number of β-amino-alcohol motifs (C(OH)–C–C–N with tert-alkyl or cyclic N) is 1. The number of phenols is 1. The second-order valence-electron chi connectivity index (χ2n) is 8.98. The third-order valence-electron chi connectivity index (χ3n) is 6.60. The van der Waals surface area contributed by atoms with Gasteiger partial charge in [0.25, 0.3) is 5.91 Å². The fourth-order valence-corrected chi connectivity index (χ4v) is 4.93. The van der Waals surface area contributed by atoms with Crippen LogP contribution in [-0.4, -0.2) is 83.6 Å². The van der Waals surface area contributed by atoms with E-state index in [1.807, 2.05) is 12.1 Å². The summed E-state index contributed by atoms with van der Waals surface area (Å²) >= 11 is 6.12. The van der Waals surface area contributed by atoms with Gasteiger partial charge in [0.1, 0.15) is 24.2 Å². The number of carbonyl (C=O) groups excluding carboxylic acids is 1. The number of phenolic OH excluding ortho intramolecular Hbond substituents is 1. The zero-order valence-electron chi connectivity index (χ0n) is 19.2. The minimum absolute atomic E-state index is 0.0209. The molecule has 0 radical (unpaired) electrons. The number of rotatable bonds is 8. The predicted molar refractivity (Wildman–Crippen MR) is 127 cm³/mol. The van der Waals surface area contributed by atoms with Gasteiger partial charge in [0, 0.05) is 44.3 Å². The molecular formula is C25H31ClN2O6. The Hall–Kier alpha value is -2.36. The number of aliphatic hydroxyl groups excluding tert-OH is 2. The molecule has 1 spiro atoms. The normalized spacial score (nSPS) is 18.0. The number of likely N-dealkylation sites (tertiary alicyclic amines) is 1. The van der Waals surface area contributed by atoms with Crippen molar-refractivity contribution in [3.63, 3.8) is 0 Å². The molecule has 0 aromatic heterocycles. The molecule has 9 heteroatoms. The van der Waals surface area contributed by atoms with Gasteiger partial charge in [0.05, 0.1) is 24.4 Å². The first-order chi connectivity index (χ1) is 16.3. The molecule has 184 valence electrons. The van der Waals surface area contributed by atoms with Gasteiger partial charge in [-0.2, -0.15) is 0 Å². The highest BCUT2D eigenvalue weighted by Gasteiger charge is 2.42. The summed E-state index contributed by atoms with van der Waals surface area (Å²) in [5.74, 6) is -0.177. The first-order valence-electron chi connectivity index (χ1n) is 11.5. The number of likely N-dealkylation sites (N-methyl/N-ethyl adjacent to an activating group) is 1. The van der Waals surface area contributed by atoms with Crippen LogP contribution in [0.5, 0.6) is 11.5 Å². The molecule has 1 saturated heterocycles. The highest BCUT2D eigenvalue weighted by molar-refractivity contribution is 6.30. The van der Waals surface area contributed by atoms with Gasteiger partial charge in [-0.05, 0) is 48.2 Å². The highest BCUT2D eigenvalue weighted by atomic mass is 35.5. The van der Waals surface area contributed by atoms with Crippen LogP contribution in [0.15, 0.2) is 36.4 Å². The van der Waals surface area contributed by atoms with Crippen LogP contribution in [0, 0.1) is 0 Å². The van der Waals surface area contributed by atoms with E-state index >= 15 is 0 Å². The number of aromatic hydroxyl groups is 1. The molecule has 1 atom stereocenters. The molecule has 2 aliphatic heterocycles. The van der Waals surface area contributed by atoms with Crippen molar-refractivity contribution in [3.8, 4) is 11.5 Å². The molecule has 8 nitrogen and oxygen atoms in total. The number of hydrogen-bond donors (Lipinski definition) is 3. The van der Waals surface area contributed by atoms with E-state index in [-0.39, 0.29) is 48.3 Å². The maximum absolute atomic E-state index is 12.6. The Balaban J connectivity index is 1.32. The summed E-state index contributed by atoms with van der Waals surface area (Å²) in [6.07, 6.45) is 0.889. The molecule has 0 aliphatic carbocycles. The number of hydrogen-bond acceptors (Lipinski definition) is 7. The number of ether oxygens (including phenoxy) is 2. The minimum Gasteiger partial charge on any atom is -0.508 e. The van der Waals surface area contributed by atoms with E-state index in [9.17, 15) is 15.0 Å². The lowest BCUT2D eigenvalue weighted by Gasteiger charge is -2.39. The van der Waals surface area contributed by atoms with Gasteiger partial charge in [0.15, 0.2) is 0 Å². The summed E-state index contributed by atoms with van der Waals surface area (Å²) in [6, 6.07) is 10.2. The SMILES string of the molecule is CN(CCO)C(=O)c1ccc(O)cc1OC[C@H](O)CN1CCC2(CC1)OCc1cc(Cl)ccc12. The Morgan fingerprint density at radius 1 is 1.26 bits per heavy atom. The van der Waals surface area contributed by atoms with Crippen LogP contribution in [0.25, 0.3) is 0 Å². The third kappa shape index (κ3) is 5.31. The van der Waals surface area contributed by atoms with Crippen LogP contribution in [0.1, 0.15) is 34.3 Å². The van der Waals surface area contributed by atoms with E-state index in [0.29, 0.717) is 13.2 Å². The van der Waals surface area contributed by atoms with Crippen LogP contribution in [-0.2, 0) is 16.9 Å². The Kier molecular flexibility index (Phi) is 7.64.